The summed E-state index contributed by atoms with van der Waals surface area (Å²) in [6.07, 6.45) is 0. The molecule has 1 aliphatic rings. The van der Waals surface area contributed by atoms with Crippen LogP contribution in [0.2, 0.25) is 10.0 Å². The second-order valence-electron chi connectivity index (χ2n) is 8.37. The van der Waals surface area contributed by atoms with Crippen molar-refractivity contribution in [3.8, 4) is 16.9 Å². The van der Waals surface area contributed by atoms with Crippen LogP contribution in [0.25, 0.3) is 11.1 Å². The van der Waals surface area contributed by atoms with Gasteiger partial charge in [0.25, 0.3) is 0 Å². The molecule has 2 aromatic carbocycles. The summed E-state index contributed by atoms with van der Waals surface area (Å²) in [4.78, 5) is 29.8. The third-order valence-corrected chi connectivity index (χ3v) is 7.71. The number of methoxy groups -OCH3 is 2. The summed E-state index contributed by atoms with van der Waals surface area (Å²) in [5.41, 5.74) is 2.81. The van der Waals surface area contributed by atoms with Crippen molar-refractivity contribution in [2.24, 2.45) is 0 Å². The SMILES string of the molecule is COC(=O)c1c(-c2ccc(OC)cc2)csc1NC(=O)CN1CCN(Cc2c(Cl)cccc2Cl)CC1. The van der Waals surface area contributed by atoms with Gasteiger partial charge in [-0.05, 0) is 29.8 Å². The molecule has 0 saturated carbocycles. The lowest BCUT2D eigenvalue weighted by Gasteiger charge is -2.34. The Morgan fingerprint density at radius 1 is 0.972 bits per heavy atom. The molecule has 0 spiro atoms. The number of carbonyl (C=O) groups excluding carboxylic acids is 2. The van der Waals surface area contributed by atoms with Crippen LogP contribution in [0.5, 0.6) is 5.75 Å². The monoisotopic (exact) mass is 547 g/mol. The minimum absolute atomic E-state index is 0.175. The normalized spacial score (nSPS) is 14.4. The molecule has 4 rings (SSSR count). The molecule has 1 amide bonds. The Morgan fingerprint density at radius 3 is 2.22 bits per heavy atom. The third kappa shape index (κ3) is 6.19. The Kier molecular flexibility index (Phi) is 8.87. The van der Waals surface area contributed by atoms with Crippen LogP contribution in [-0.2, 0) is 16.1 Å². The zero-order chi connectivity index (χ0) is 25.7. The number of anilines is 1. The molecule has 190 valence electrons. The van der Waals surface area contributed by atoms with E-state index in [9.17, 15) is 9.59 Å². The van der Waals surface area contributed by atoms with Gasteiger partial charge in [-0.1, -0.05) is 41.4 Å². The van der Waals surface area contributed by atoms with Crippen molar-refractivity contribution in [2.45, 2.75) is 6.54 Å². The molecule has 7 nitrogen and oxygen atoms in total. The number of amides is 1. The summed E-state index contributed by atoms with van der Waals surface area (Å²) in [5, 5.41) is 6.57. The number of hydrogen-bond acceptors (Lipinski definition) is 7. The molecular formula is C26H27Cl2N3O4S. The van der Waals surface area contributed by atoms with E-state index in [1.54, 1.807) is 7.11 Å². The van der Waals surface area contributed by atoms with Crippen molar-refractivity contribution in [2.75, 3.05) is 52.3 Å². The van der Waals surface area contributed by atoms with Gasteiger partial charge in [0.15, 0.2) is 0 Å². The first-order valence-corrected chi connectivity index (χ1v) is 13.0. The first-order valence-electron chi connectivity index (χ1n) is 11.4. The highest BCUT2D eigenvalue weighted by Gasteiger charge is 2.24. The van der Waals surface area contributed by atoms with E-state index >= 15 is 0 Å². The number of halogens is 2. The summed E-state index contributed by atoms with van der Waals surface area (Å²) in [6, 6.07) is 12.9. The van der Waals surface area contributed by atoms with Crippen molar-refractivity contribution in [1.29, 1.82) is 0 Å². The van der Waals surface area contributed by atoms with Crippen molar-refractivity contribution >= 4 is 51.4 Å². The summed E-state index contributed by atoms with van der Waals surface area (Å²) in [6.45, 7) is 3.97. The number of carbonyl (C=O) groups is 2. The highest BCUT2D eigenvalue weighted by atomic mass is 35.5. The van der Waals surface area contributed by atoms with Crippen molar-refractivity contribution in [1.82, 2.24) is 9.80 Å². The van der Waals surface area contributed by atoms with Crippen LogP contribution >= 0.6 is 34.5 Å². The predicted molar refractivity (Wildman–Crippen MR) is 144 cm³/mol. The van der Waals surface area contributed by atoms with Crippen LogP contribution in [-0.4, -0.2) is 68.6 Å². The largest absolute Gasteiger partial charge is 0.497 e. The zero-order valence-corrected chi connectivity index (χ0v) is 22.4. The van der Waals surface area contributed by atoms with Crippen LogP contribution in [0.1, 0.15) is 15.9 Å². The molecule has 0 aliphatic carbocycles. The van der Waals surface area contributed by atoms with Gasteiger partial charge in [-0.3, -0.25) is 14.6 Å². The van der Waals surface area contributed by atoms with E-state index < -0.39 is 5.97 Å². The van der Waals surface area contributed by atoms with Gasteiger partial charge in [0, 0.05) is 59.3 Å². The summed E-state index contributed by atoms with van der Waals surface area (Å²) in [7, 11) is 2.93. The molecule has 36 heavy (non-hydrogen) atoms. The quantitative estimate of drug-likeness (QED) is 0.387. The number of esters is 1. The molecule has 1 aliphatic heterocycles. The number of rotatable bonds is 8. The number of thiophene rings is 1. The molecule has 2 heterocycles. The molecule has 1 fully saturated rings. The molecular weight excluding hydrogens is 521 g/mol. The number of piperazine rings is 1. The topological polar surface area (TPSA) is 71.1 Å². The molecule has 3 aromatic rings. The van der Waals surface area contributed by atoms with Gasteiger partial charge in [-0.25, -0.2) is 4.79 Å². The minimum Gasteiger partial charge on any atom is -0.497 e. The Hall–Kier alpha value is -2.62. The lowest BCUT2D eigenvalue weighted by molar-refractivity contribution is -0.117. The second-order valence-corrected chi connectivity index (χ2v) is 10.1. The van der Waals surface area contributed by atoms with E-state index in [-0.39, 0.29) is 12.5 Å². The number of ether oxygens (including phenoxy) is 2. The van der Waals surface area contributed by atoms with E-state index in [0.717, 1.165) is 43.1 Å². The maximum absolute atomic E-state index is 12.9. The molecule has 10 heteroatoms. The van der Waals surface area contributed by atoms with Crippen molar-refractivity contribution in [3.63, 3.8) is 0 Å². The third-order valence-electron chi connectivity index (χ3n) is 6.11. The van der Waals surface area contributed by atoms with E-state index in [0.29, 0.717) is 32.7 Å². The van der Waals surface area contributed by atoms with Crippen LogP contribution in [0.4, 0.5) is 5.00 Å². The Labute approximate surface area is 224 Å². The fourth-order valence-electron chi connectivity index (χ4n) is 4.12. The van der Waals surface area contributed by atoms with Crippen LogP contribution in [0.15, 0.2) is 47.8 Å². The molecule has 0 atom stereocenters. The van der Waals surface area contributed by atoms with Gasteiger partial charge in [-0.15, -0.1) is 11.3 Å². The van der Waals surface area contributed by atoms with E-state index in [1.807, 2.05) is 47.8 Å². The standard InChI is InChI=1S/C26H27Cl2N3O4S/c1-34-18-8-6-17(7-9-18)20-16-36-25(24(20)26(33)35-2)29-23(32)15-31-12-10-30(11-13-31)14-19-21(27)4-3-5-22(19)28/h3-9,16H,10-15H2,1-2H3,(H,29,32). The van der Waals surface area contributed by atoms with E-state index in [4.69, 9.17) is 32.7 Å². The number of hydrogen-bond donors (Lipinski definition) is 1. The molecule has 0 radical (unpaired) electrons. The summed E-state index contributed by atoms with van der Waals surface area (Å²) >= 11 is 13.9. The lowest BCUT2D eigenvalue weighted by Crippen LogP contribution is -2.48. The minimum atomic E-state index is -0.496. The van der Waals surface area contributed by atoms with Crippen LogP contribution in [0, 0.1) is 0 Å². The fourth-order valence-corrected chi connectivity index (χ4v) is 5.61. The van der Waals surface area contributed by atoms with Crippen LogP contribution in [0.3, 0.4) is 0 Å². The van der Waals surface area contributed by atoms with Crippen LogP contribution < -0.4 is 10.1 Å². The second kappa shape index (κ2) is 12.1. The average molecular weight is 548 g/mol. The first-order chi connectivity index (χ1) is 17.4. The summed E-state index contributed by atoms with van der Waals surface area (Å²) < 4.78 is 10.2. The highest BCUT2D eigenvalue weighted by molar-refractivity contribution is 7.15. The van der Waals surface area contributed by atoms with Crippen molar-refractivity contribution < 1.29 is 19.1 Å². The van der Waals surface area contributed by atoms with Crippen molar-refractivity contribution in [3.05, 3.63) is 69.0 Å². The number of nitrogens with one attached hydrogen (secondary N) is 1. The van der Waals surface area contributed by atoms with Gasteiger partial charge in [0.1, 0.15) is 16.3 Å². The Balaban J connectivity index is 1.37. The van der Waals surface area contributed by atoms with Gasteiger partial charge in [-0.2, -0.15) is 0 Å². The van der Waals surface area contributed by atoms with Gasteiger partial charge in [0.2, 0.25) is 5.91 Å². The lowest BCUT2D eigenvalue weighted by atomic mass is 10.0. The summed E-state index contributed by atoms with van der Waals surface area (Å²) in [5.74, 6) is 0.0484. The van der Waals surface area contributed by atoms with Gasteiger partial charge >= 0.3 is 5.97 Å². The molecule has 0 unspecified atom stereocenters. The predicted octanol–water partition coefficient (Wildman–Crippen LogP) is 5.27. The van der Waals surface area contributed by atoms with E-state index in [1.165, 1.54) is 18.4 Å². The number of nitrogens with zero attached hydrogens (tertiary/aromatic N) is 2. The molecule has 0 bridgehead atoms. The maximum Gasteiger partial charge on any atom is 0.341 e. The smallest absolute Gasteiger partial charge is 0.341 e. The van der Waals surface area contributed by atoms with Gasteiger partial charge in [0.05, 0.1) is 20.8 Å². The highest BCUT2D eigenvalue weighted by Crippen LogP contribution is 2.37. The Morgan fingerprint density at radius 2 is 1.61 bits per heavy atom. The van der Waals surface area contributed by atoms with E-state index in [2.05, 4.69) is 15.1 Å². The zero-order valence-electron chi connectivity index (χ0n) is 20.1. The van der Waals surface area contributed by atoms with Gasteiger partial charge < -0.3 is 14.8 Å². The average Bonchev–Trinajstić information content (AvgIpc) is 3.30. The first kappa shape index (κ1) is 26.4. The Bertz CT molecular complexity index is 1200. The molecule has 1 aromatic heterocycles. The maximum atomic E-state index is 12.9. The molecule has 1 saturated heterocycles. The number of benzene rings is 2. The fraction of sp³-hybridized carbons (Fsp3) is 0.308. The molecule has 1 N–H and O–H groups in total.